The van der Waals surface area contributed by atoms with E-state index in [2.05, 4.69) is 5.32 Å². The van der Waals surface area contributed by atoms with Crippen LogP contribution in [0.15, 0.2) is 0 Å². The highest BCUT2D eigenvalue weighted by Gasteiger charge is 2.38. The van der Waals surface area contributed by atoms with Crippen molar-refractivity contribution in [2.75, 3.05) is 6.61 Å². The monoisotopic (exact) mass is 223 g/mol. The van der Waals surface area contributed by atoms with Crippen molar-refractivity contribution < 1.29 is 4.74 Å². The number of hydrogen-bond donors (Lipinski definition) is 1. The van der Waals surface area contributed by atoms with Crippen LogP contribution < -0.4 is 5.32 Å². The Bertz CT molecular complexity index is 225. The van der Waals surface area contributed by atoms with Crippen molar-refractivity contribution in [3.05, 3.63) is 0 Å². The van der Waals surface area contributed by atoms with Gasteiger partial charge in [-0.3, -0.25) is 0 Å². The molecule has 0 aromatic rings. The molecule has 3 atom stereocenters. The van der Waals surface area contributed by atoms with Gasteiger partial charge in [-0.05, 0) is 38.5 Å². The summed E-state index contributed by atoms with van der Waals surface area (Å²) < 4.78 is 5.84. The number of ether oxygens (including phenoxy) is 1. The minimum atomic E-state index is 0.592. The molecule has 1 N–H and O–H groups in total. The van der Waals surface area contributed by atoms with E-state index in [1.54, 1.807) is 0 Å². The molecule has 2 nitrogen and oxygen atoms in total. The molecule has 3 fully saturated rings. The summed E-state index contributed by atoms with van der Waals surface area (Å²) in [4.78, 5) is 0. The van der Waals surface area contributed by atoms with E-state index in [9.17, 15) is 0 Å². The largest absolute Gasteiger partial charge is 0.378 e. The summed E-state index contributed by atoms with van der Waals surface area (Å²) in [5.74, 6) is 0.829. The van der Waals surface area contributed by atoms with E-state index in [0.717, 1.165) is 24.6 Å². The summed E-state index contributed by atoms with van der Waals surface area (Å²) in [6, 6.07) is 1.59. The van der Waals surface area contributed by atoms with Crippen LogP contribution in [0.3, 0.4) is 0 Å². The Morgan fingerprint density at radius 2 is 1.69 bits per heavy atom. The van der Waals surface area contributed by atoms with Crippen molar-refractivity contribution >= 4 is 0 Å². The van der Waals surface area contributed by atoms with Gasteiger partial charge in [-0.2, -0.15) is 0 Å². The van der Waals surface area contributed by atoms with Crippen molar-refractivity contribution in [1.82, 2.24) is 5.32 Å². The maximum absolute atomic E-state index is 5.84. The highest BCUT2D eigenvalue weighted by atomic mass is 16.5. The average molecular weight is 223 g/mol. The predicted molar refractivity (Wildman–Crippen MR) is 65.5 cm³/mol. The molecule has 3 aliphatic rings. The van der Waals surface area contributed by atoms with E-state index in [4.69, 9.17) is 4.74 Å². The van der Waals surface area contributed by atoms with Crippen LogP contribution in [-0.2, 0) is 4.74 Å². The van der Waals surface area contributed by atoms with Gasteiger partial charge in [0.25, 0.3) is 0 Å². The third-order valence-corrected chi connectivity index (χ3v) is 4.84. The molecule has 0 amide bonds. The maximum Gasteiger partial charge on any atom is 0.0619 e. The molecule has 3 unspecified atom stereocenters. The molecule has 0 aromatic heterocycles. The second-order valence-corrected chi connectivity index (χ2v) is 5.90. The second-order valence-electron chi connectivity index (χ2n) is 5.90. The summed E-state index contributed by atoms with van der Waals surface area (Å²) in [6.07, 6.45) is 13.1. The molecular weight excluding hydrogens is 198 g/mol. The smallest absolute Gasteiger partial charge is 0.0619 e. The molecular formula is C14H25NO. The van der Waals surface area contributed by atoms with Gasteiger partial charge in [0.2, 0.25) is 0 Å². The van der Waals surface area contributed by atoms with E-state index in [0.29, 0.717) is 6.10 Å². The van der Waals surface area contributed by atoms with Crippen LogP contribution >= 0.6 is 0 Å². The molecule has 0 spiro atoms. The second kappa shape index (κ2) is 5.05. The van der Waals surface area contributed by atoms with Crippen molar-refractivity contribution in [2.45, 2.75) is 76.0 Å². The van der Waals surface area contributed by atoms with Gasteiger partial charge in [0.05, 0.1) is 6.10 Å². The Morgan fingerprint density at radius 1 is 0.812 bits per heavy atom. The summed E-state index contributed by atoms with van der Waals surface area (Å²) in [6.45, 7) is 1.01. The third-order valence-electron chi connectivity index (χ3n) is 4.84. The zero-order valence-corrected chi connectivity index (χ0v) is 10.3. The van der Waals surface area contributed by atoms with E-state index in [-0.39, 0.29) is 0 Å². The van der Waals surface area contributed by atoms with Crippen LogP contribution in [0.2, 0.25) is 0 Å². The van der Waals surface area contributed by atoms with Crippen molar-refractivity contribution in [3.63, 3.8) is 0 Å². The molecule has 0 radical (unpaired) electrons. The van der Waals surface area contributed by atoms with Gasteiger partial charge in [-0.15, -0.1) is 0 Å². The molecule has 1 heterocycles. The minimum absolute atomic E-state index is 0.592. The lowest BCUT2D eigenvalue weighted by Crippen LogP contribution is -2.48. The molecule has 92 valence electrons. The number of fused-ring (bicyclic) bond motifs is 1. The lowest BCUT2D eigenvalue weighted by Gasteiger charge is -2.37. The minimum Gasteiger partial charge on any atom is -0.378 e. The molecule has 2 aliphatic carbocycles. The van der Waals surface area contributed by atoms with Crippen LogP contribution in [0.4, 0.5) is 0 Å². The molecule has 16 heavy (non-hydrogen) atoms. The van der Waals surface area contributed by atoms with E-state index < -0.39 is 0 Å². The first-order valence-electron chi connectivity index (χ1n) is 7.31. The molecule has 0 bridgehead atoms. The lowest BCUT2D eigenvalue weighted by atomic mass is 9.80. The van der Waals surface area contributed by atoms with Crippen molar-refractivity contribution in [2.24, 2.45) is 5.92 Å². The van der Waals surface area contributed by atoms with Crippen molar-refractivity contribution in [3.8, 4) is 0 Å². The SMILES string of the molecule is C1CCC(NC2CCCC3OCCC23)CC1. The van der Waals surface area contributed by atoms with Crippen LogP contribution in [0.1, 0.15) is 57.8 Å². The fourth-order valence-corrected chi connectivity index (χ4v) is 3.95. The predicted octanol–water partition coefficient (Wildman–Crippen LogP) is 2.87. The first-order valence-corrected chi connectivity index (χ1v) is 7.31. The van der Waals surface area contributed by atoms with Gasteiger partial charge in [-0.1, -0.05) is 19.3 Å². The summed E-state index contributed by atoms with van der Waals surface area (Å²) in [5.41, 5.74) is 0. The Labute approximate surface area is 99.1 Å². The summed E-state index contributed by atoms with van der Waals surface area (Å²) >= 11 is 0. The van der Waals surface area contributed by atoms with E-state index in [1.165, 1.54) is 57.8 Å². The van der Waals surface area contributed by atoms with Gasteiger partial charge in [0, 0.05) is 24.6 Å². The zero-order valence-electron chi connectivity index (χ0n) is 10.3. The maximum atomic E-state index is 5.84. The Morgan fingerprint density at radius 3 is 2.56 bits per heavy atom. The normalized spacial score (nSPS) is 40.9. The number of hydrogen-bond acceptors (Lipinski definition) is 2. The Balaban J connectivity index is 1.56. The molecule has 2 heteroatoms. The fourth-order valence-electron chi connectivity index (χ4n) is 3.95. The third kappa shape index (κ3) is 2.28. The Kier molecular flexibility index (Phi) is 3.49. The molecule has 0 aromatic carbocycles. The average Bonchev–Trinajstić information content (AvgIpc) is 2.80. The lowest BCUT2D eigenvalue weighted by molar-refractivity contribution is 0.0500. The molecule has 1 saturated heterocycles. The van der Waals surface area contributed by atoms with Gasteiger partial charge in [-0.25, -0.2) is 0 Å². The first-order chi connectivity index (χ1) is 7.93. The van der Waals surface area contributed by atoms with Crippen LogP contribution in [0, 0.1) is 5.92 Å². The molecule has 1 aliphatic heterocycles. The fraction of sp³-hybridized carbons (Fsp3) is 1.00. The number of rotatable bonds is 2. The Hall–Kier alpha value is -0.0800. The highest BCUT2D eigenvalue weighted by Crippen LogP contribution is 2.35. The number of nitrogens with one attached hydrogen (secondary N) is 1. The first kappa shape index (κ1) is 11.0. The van der Waals surface area contributed by atoms with Crippen LogP contribution in [-0.4, -0.2) is 24.8 Å². The molecule has 2 saturated carbocycles. The zero-order chi connectivity index (χ0) is 10.8. The van der Waals surface area contributed by atoms with Crippen molar-refractivity contribution in [1.29, 1.82) is 0 Å². The quantitative estimate of drug-likeness (QED) is 0.777. The summed E-state index contributed by atoms with van der Waals surface area (Å²) in [7, 11) is 0. The highest BCUT2D eigenvalue weighted by molar-refractivity contribution is 4.92. The van der Waals surface area contributed by atoms with Gasteiger partial charge in [0.1, 0.15) is 0 Å². The van der Waals surface area contributed by atoms with E-state index in [1.807, 2.05) is 0 Å². The van der Waals surface area contributed by atoms with Gasteiger partial charge >= 0.3 is 0 Å². The van der Waals surface area contributed by atoms with E-state index >= 15 is 0 Å². The van der Waals surface area contributed by atoms with Gasteiger partial charge in [0.15, 0.2) is 0 Å². The summed E-state index contributed by atoms with van der Waals surface area (Å²) in [5, 5.41) is 3.95. The van der Waals surface area contributed by atoms with Gasteiger partial charge < -0.3 is 10.1 Å². The molecule has 3 rings (SSSR count). The van der Waals surface area contributed by atoms with Crippen LogP contribution in [0.5, 0.6) is 0 Å². The topological polar surface area (TPSA) is 21.3 Å². The van der Waals surface area contributed by atoms with Crippen LogP contribution in [0.25, 0.3) is 0 Å². The standard InChI is InChI=1S/C14H25NO/c1-2-5-11(6-3-1)15-13-7-4-8-14-12(13)9-10-16-14/h11-15H,1-10H2.